The summed E-state index contributed by atoms with van der Waals surface area (Å²) >= 11 is 5.88. The third-order valence-electron chi connectivity index (χ3n) is 4.15. The number of amides is 1. The third kappa shape index (κ3) is 4.22. The minimum absolute atomic E-state index is 0.202. The molecule has 1 amide bonds. The molecule has 1 aliphatic rings. The molecule has 2 aromatic carbocycles. The van der Waals surface area contributed by atoms with Crippen molar-refractivity contribution in [2.24, 2.45) is 0 Å². The van der Waals surface area contributed by atoms with Crippen molar-refractivity contribution in [3.8, 4) is 17.2 Å². The molecule has 2 aromatic rings. The van der Waals surface area contributed by atoms with Crippen LogP contribution in [0, 0.1) is 0 Å². The van der Waals surface area contributed by atoms with Crippen molar-refractivity contribution in [1.29, 1.82) is 0 Å². The standard InChI is InChI=1S/C20H22ClNO4/c1-13(14-4-9-17-18(12-14)25-11-10-24-17)22-19(23)20(2,3)26-16-7-5-15(21)6-8-16/h4-9,12-13H,10-11H2,1-3H3,(H,22,23). The Morgan fingerprint density at radius 1 is 1.12 bits per heavy atom. The molecule has 26 heavy (non-hydrogen) atoms. The molecule has 0 aromatic heterocycles. The molecule has 0 radical (unpaired) electrons. The molecule has 1 unspecified atom stereocenters. The van der Waals surface area contributed by atoms with E-state index in [4.69, 9.17) is 25.8 Å². The molecule has 6 heteroatoms. The second-order valence-corrected chi connectivity index (χ2v) is 7.10. The Balaban J connectivity index is 1.66. The molecule has 138 valence electrons. The van der Waals surface area contributed by atoms with Crippen molar-refractivity contribution < 1.29 is 19.0 Å². The first-order valence-electron chi connectivity index (χ1n) is 8.50. The highest BCUT2D eigenvalue weighted by Gasteiger charge is 2.31. The van der Waals surface area contributed by atoms with Gasteiger partial charge in [0.05, 0.1) is 6.04 Å². The van der Waals surface area contributed by atoms with Crippen molar-refractivity contribution in [3.63, 3.8) is 0 Å². The molecular formula is C20H22ClNO4. The number of fused-ring (bicyclic) bond motifs is 1. The molecule has 3 rings (SSSR count). The van der Waals surface area contributed by atoms with Crippen molar-refractivity contribution in [2.75, 3.05) is 13.2 Å². The molecule has 1 heterocycles. The maximum absolute atomic E-state index is 12.7. The van der Waals surface area contributed by atoms with Crippen LogP contribution in [0.3, 0.4) is 0 Å². The van der Waals surface area contributed by atoms with Crippen LogP contribution in [-0.4, -0.2) is 24.7 Å². The molecule has 5 nitrogen and oxygen atoms in total. The van der Waals surface area contributed by atoms with Crippen molar-refractivity contribution >= 4 is 17.5 Å². The van der Waals surface area contributed by atoms with Crippen LogP contribution in [0.15, 0.2) is 42.5 Å². The van der Waals surface area contributed by atoms with E-state index in [9.17, 15) is 4.79 Å². The lowest BCUT2D eigenvalue weighted by molar-refractivity contribution is -0.134. The second kappa shape index (κ2) is 7.46. The fourth-order valence-electron chi connectivity index (χ4n) is 2.63. The first kappa shape index (κ1) is 18.4. The van der Waals surface area contributed by atoms with Crippen LogP contribution in [0.25, 0.3) is 0 Å². The Morgan fingerprint density at radius 2 is 1.77 bits per heavy atom. The van der Waals surface area contributed by atoms with Gasteiger partial charge in [-0.3, -0.25) is 4.79 Å². The Bertz CT molecular complexity index is 789. The minimum atomic E-state index is -1.03. The molecule has 0 aliphatic carbocycles. The average Bonchev–Trinajstić information content (AvgIpc) is 2.63. The van der Waals surface area contributed by atoms with Gasteiger partial charge in [-0.05, 0) is 62.7 Å². The Kier molecular flexibility index (Phi) is 5.28. The largest absolute Gasteiger partial charge is 0.486 e. The number of benzene rings is 2. The molecule has 0 spiro atoms. The zero-order valence-electron chi connectivity index (χ0n) is 15.0. The second-order valence-electron chi connectivity index (χ2n) is 6.66. The fraction of sp³-hybridized carbons (Fsp3) is 0.350. The number of carbonyl (C=O) groups excluding carboxylic acids is 1. The molecule has 0 bridgehead atoms. The van der Waals surface area contributed by atoms with Gasteiger partial charge in [-0.2, -0.15) is 0 Å². The third-order valence-corrected chi connectivity index (χ3v) is 4.40. The van der Waals surface area contributed by atoms with E-state index in [1.165, 1.54) is 0 Å². The summed E-state index contributed by atoms with van der Waals surface area (Å²) in [6.45, 7) is 6.46. The van der Waals surface area contributed by atoms with Gasteiger partial charge in [-0.15, -0.1) is 0 Å². The van der Waals surface area contributed by atoms with Gasteiger partial charge in [0.25, 0.3) is 5.91 Å². The van der Waals surface area contributed by atoms with Crippen LogP contribution in [0.2, 0.25) is 5.02 Å². The Labute approximate surface area is 158 Å². The number of rotatable bonds is 5. The van der Waals surface area contributed by atoms with Crippen molar-refractivity contribution in [3.05, 3.63) is 53.1 Å². The summed E-state index contributed by atoms with van der Waals surface area (Å²) in [5.74, 6) is 1.80. The maximum Gasteiger partial charge on any atom is 0.264 e. The normalized spacial score (nSPS) is 14.5. The summed E-state index contributed by atoms with van der Waals surface area (Å²) in [4.78, 5) is 12.7. The highest BCUT2D eigenvalue weighted by molar-refractivity contribution is 6.30. The van der Waals surface area contributed by atoms with E-state index >= 15 is 0 Å². The lowest BCUT2D eigenvalue weighted by atomic mass is 10.0. The average molecular weight is 376 g/mol. The topological polar surface area (TPSA) is 56.8 Å². The molecule has 1 aliphatic heterocycles. The monoisotopic (exact) mass is 375 g/mol. The number of carbonyl (C=O) groups is 1. The summed E-state index contributed by atoms with van der Waals surface area (Å²) in [5.41, 5.74) is -0.0968. The van der Waals surface area contributed by atoms with Crippen LogP contribution < -0.4 is 19.5 Å². The lowest BCUT2D eigenvalue weighted by Crippen LogP contribution is -2.47. The summed E-state index contributed by atoms with van der Waals surface area (Å²) in [7, 11) is 0. The van der Waals surface area contributed by atoms with Crippen LogP contribution in [-0.2, 0) is 4.79 Å². The summed E-state index contributed by atoms with van der Waals surface area (Å²) in [6.07, 6.45) is 0. The quantitative estimate of drug-likeness (QED) is 0.853. The SMILES string of the molecule is CC(NC(=O)C(C)(C)Oc1ccc(Cl)cc1)c1ccc2c(c1)OCCO2. The number of halogens is 1. The maximum atomic E-state index is 12.7. The zero-order valence-corrected chi connectivity index (χ0v) is 15.8. The molecule has 0 saturated heterocycles. The first-order chi connectivity index (χ1) is 12.3. The van der Waals surface area contributed by atoms with E-state index < -0.39 is 5.60 Å². The van der Waals surface area contributed by atoms with Gasteiger partial charge >= 0.3 is 0 Å². The van der Waals surface area contributed by atoms with E-state index in [1.807, 2.05) is 25.1 Å². The van der Waals surface area contributed by atoms with Gasteiger partial charge in [0.1, 0.15) is 19.0 Å². The summed E-state index contributed by atoms with van der Waals surface area (Å²) < 4.78 is 17.0. The van der Waals surface area contributed by atoms with Crippen molar-refractivity contribution in [2.45, 2.75) is 32.4 Å². The molecule has 0 saturated carbocycles. The Hall–Kier alpha value is -2.40. The molecule has 1 N–H and O–H groups in total. The van der Waals surface area contributed by atoms with Gasteiger partial charge in [-0.1, -0.05) is 17.7 Å². The van der Waals surface area contributed by atoms with Crippen LogP contribution in [0.4, 0.5) is 0 Å². The van der Waals surface area contributed by atoms with Crippen LogP contribution >= 0.6 is 11.6 Å². The lowest BCUT2D eigenvalue weighted by Gasteiger charge is -2.28. The van der Waals surface area contributed by atoms with Gasteiger partial charge in [0, 0.05) is 5.02 Å². The van der Waals surface area contributed by atoms with E-state index in [2.05, 4.69) is 5.32 Å². The fourth-order valence-corrected chi connectivity index (χ4v) is 2.75. The van der Waals surface area contributed by atoms with E-state index in [0.717, 1.165) is 11.3 Å². The van der Waals surface area contributed by atoms with E-state index in [1.54, 1.807) is 38.1 Å². The molecular weight excluding hydrogens is 354 g/mol. The van der Waals surface area contributed by atoms with Crippen LogP contribution in [0.5, 0.6) is 17.2 Å². The highest BCUT2D eigenvalue weighted by Crippen LogP contribution is 2.32. The zero-order chi connectivity index (χ0) is 18.7. The Morgan fingerprint density at radius 3 is 2.46 bits per heavy atom. The summed E-state index contributed by atoms with van der Waals surface area (Å²) in [6, 6.07) is 12.4. The van der Waals surface area contributed by atoms with Gasteiger partial charge in [0.2, 0.25) is 0 Å². The predicted molar refractivity (Wildman–Crippen MR) is 100 cm³/mol. The number of hydrogen-bond acceptors (Lipinski definition) is 4. The number of ether oxygens (including phenoxy) is 3. The molecule has 0 fully saturated rings. The summed E-state index contributed by atoms with van der Waals surface area (Å²) in [5, 5.41) is 3.61. The van der Waals surface area contributed by atoms with Gasteiger partial charge < -0.3 is 19.5 Å². The smallest absolute Gasteiger partial charge is 0.264 e. The van der Waals surface area contributed by atoms with Crippen molar-refractivity contribution in [1.82, 2.24) is 5.32 Å². The number of nitrogens with one attached hydrogen (secondary N) is 1. The van der Waals surface area contributed by atoms with Crippen LogP contribution in [0.1, 0.15) is 32.4 Å². The van der Waals surface area contributed by atoms with Gasteiger partial charge in [0.15, 0.2) is 17.1 Å². The number of hydrogen-bond donors (Lipinski definition) is 1. The van der Waals surface area contributed by atoms with Gasteiger partial charge in [-0.25, -0.2) is 0 Å². The van der Waals surface area contributed by atoms with E-state index in [0.29, 0.717) is 29.7 Å². The highest BCUT2D eigenvalue weighted by atomic mass is 35.5. The minimum Gasteiger partial charge on any atom is -0.486 e. The molecule has 1 atom stereocenters. The van der Waals surface area contributed by atoms with E-state index in [-0.39, 0.29) is 11.9 Å². The first-order valence-corrected chi connectivity index (χ1v) is 8.88. The predicted octanol–water partition coefficient (Wildman–Crippen LogP) is 4.15.